The van der Waals surface area contributed by atoms with Crippen molar-refractivity contribution in [3.8, 4) is 11.5 Å². The fourth-order valence-corrected chi connectivity index (χ4v) is 4.87. The van der Waals surface area contributed by atoms with Crippen LogP contribution in [0, 0.1) is 5.92 Å². The Bertz CT molecular complexity index is 838. The summed E-state index contributed by atoms with van der Waals surface area (Å²) in [7, 11) is -4.60. The van der Waals surface area contributed by atoms with Gasteiger partial charge in [-0.05, 0) is 64.2 Å². The highest BCUT2D eigenvalue weighted by molar-refractivity contribution is 7.81. The lowest BCUT2D eigenvalue weighted by molar-refractivity contribution is 0.00786. The van der Waals surface area contributed by atoms with Crippen LogP contribution in [-0.2, 0) is 16.8 Å². The van der Waals surface area contributed by atoms with Crippen molar-refractivity contribution in [1.82, 2.24) is 0 Å². The van der Waals surface area contributed by atoms with Crippen molar-refractivity contribution in [2.75, 3.05) is 0 Å². The highest BCUT2D eigenvalue weighted by Gasteiger charge is 2.46. The molecule has 1 N–H and O–H groups in total. The SMILES string of the molecule is CCCCCc1cc2c(c(OS(=O)(=O)O)c1)C1CC(C)=CCC1C(C)(C)O2. The highest BCUT2D eigenvalue weighted by atomic mass is 32.3. The summed E-state index contributed by atoms with van der Waals surface area (Å²) < 4.78 is 43.7. The van der Waals surface area contributed by atoms with E-state index in [1.54, 1.807) is 6.07 Å². The van der Waals surface area contributed by atoms with Crippen molar-refractivity contribution >= 4 is 10.4 Å². The number of fused-ring (bicyclic) bond motifs is 3. The van der Waals surface area contributed by atoms with E-state index in [9.17, 15) is 13.0 Å². The minimum Gasteiger partial charge on any atom is -0.487 e. The van der Waals surface area contributed by atoms with E-state index in [1.165, 1.54) is 5.57 Å². The average Bonchev–Trinajstić information content (AvgIpc) is 2.52. The number of unbranched alkanes of at least 4 members (excludes halogenated alkanes) is 2. The van der Waals surface area contributed by atoms with Crippen LogP contribution in [0.5, 0.6) is 11.5 Å². The topological polar surface area (TPSA) is 72.8 Å². The van der Waals surface area contributed by atoms with Gasteiger partial charge < -0.3 is 8.92 Å². The van der Waals surface area contributed by atoms with Gasteiger partial charge in [0.25, 0.3) is 0 Å². The third-order valence-electron chi connectivity index (χ3n) is 5.81. The molecule has 1 aromatic carbocycles. The summed E-state index contributed by atoms with van der Waals surface area (Å²) in [6, 6.07) is 3.78. The minimum atomic E-state index is -4.60. The Kier molecular flexibility index (Phi) is 5.59. The molecule has 0 saturated carbocycles. The average molecular weight is 395 g/mol. The number of hydrogen-bond donors (Lipinski definition) is 1. The maximum Gasteiger partial charge on any atom is 0.446 e. The molecule has 0 spiro atoms. The van der Waals surface area contributed by atoms with E-state index in [0.717, 1.165) is 49.7 Å². The van der Waals surface area contributed by atoms with Crippen molar-refractivity contribution in [3.05, 3.63) is 34.9 Å². The van der Waals surface area contributed by atoms with Crippen LogP contribution in [-0.4, -0.2) is 18.6 Å². The molecule has 150 valence electrons. The Morgan fingerprint density at radius 2 is 2.04 bits per heavy atom. The molecule has 1 aromatic rings. The number of ether oxygens (including phenoxy) is 1. The molecule has 1 aliphatic carbocycles. The monoisotopic (exact) mass is 394 g/mol. The third kappa shape index (κ3) is 4.49. The second-order valence-corrected chi connectivity index (χ2v) is 9.40. The van der Waals surface area contributed by atoms with Gasteiger partial charge in [0.15, 0.2) is 5.75 Å². The maximum absolute atomic E-state index is 11.5. The summed E-state index contributed by atoms with van der Waals surface area (Å²) >= 11 is 0. The van der Waals surface area contributed by atoms with Gasteiger partial charge in [0.2, 0.25) is 0 Å². The van der Waals surface area contributed by atoms with Crippen molar-refractivity contribution < 1.29 is 21.9 Å². The molecular weight excluding hydrogens is 364 g/mol. The number of allylic oxidation sites excluding steroid dienone is 2. The van der Waals surface area contributed by atoms with E-state index < -0.39 is 10.4 Å². The normalized spacial score (nSPS) is 23.7. The zero-order chi connectivity index (χ0) is 19.8. The quantitative estimate of drug-likeness (QED) is 0.407. The van der Waals surface area contributed by atoms with Gasteiger partial charge in [-0.25, -0.2) is 0 Å². The molecule has 0 radical (unpaired) electrons. The molecule has 0 fully saturated rings. The van der Waals surface area contributed by atoms with E-state index in [2.05, 4.69) is 33.8 Å². The summed E-state index contributed by atoms with van der Waals surface area (Å²) in [6.45, 7) is 8.43. The first-order valence-electron chi connectivity index (χ1n) is 9.79. The standard InChI is InChI=1S/C21H30O5S/c1-5-6-7-8-15-12-18-20(19(13-15)26-27(22,23)24)16-11-14(2)9-10-17(16)21(3,4)25-18/h9,12-13,16-17H,5-8,10-11H2,1-4H3,(H,22,23,24). The van der Waals surface area contributed by atoms with E-state index in [4.69, 9.17) is 8.92 Å². The van der Waals surface area contributed by atoms with Gasteiger partial charge in [0.1, 0.15) is 11.4 Å². The number of benzene rings is 1. The highest BCUT2D eigenvalue weighted by Crippen LogP contribution is 2.54. The van der Waals surface area contributed by atoms with Gasteiger partial charge >= 0.3 is 10.4 Å². The van der Waals surface area contributed by atoms with Crippen LogP contribution in [0.4, 0.5) is 0 Å². The fourth-order valence-electron chi connectivity index (χ4n) is 4.51. The fraction of sp³-hybridized carbons (Fsp3) is 0.619. The first-order valence-corrected chi connectivity index (χ1v) is 11.2. The number of hydrogen-bond acceptors (Lipinski definition) is 4. The van der Waals surface area contributed by atoms with Crippen molar-refractivity contribution in [2.24, 2.45) is 5.92 Å². The molecule has 1 aliphatic heterocycles. The Hall–Kier alpha value is -1.53. The van der Waals surface area contributed by atoms with Crippen LogP contribution in [0.25, 0.3) is 0 Å². The summed E-state index contributed by atoms with van der Waals surface area (Å²) in [5.74, 6) is 1.23. The second-order valence-electron chi connectivity index (χ2n) is 8.38. The molecule has 5 nitrogen and oxygen atoms in total. The molecule has 6 heteroatoms. The lowest BCUT2D eigenvalue weighted by Crippen LogP contribution is -2.45. The molecule has 2 unspecified atom stereocenters. The van der Waals surface area contributed by atoms with Crippen LogP contribution in [0.1, 0.15) is 76.8 Å². The van der Waals surface area contributed by atoms with Crippen LogP contribution in [0.3, 0.4) is 0 Å². The van der Waals surface area contributed by atoms with E-state index in [0.29, 0.717) is 5.75 Å². The van der Waals surface area contributed by atoms with Gasteiger partial charge in [-0.2, -0.15) is 8.42 Å². The minimum absolute atomic E-state index is 0.107. The van der Waals surface area contributed by atoms with Crippen LogP contribution in [0.15, 0.2) is 23.8 Å². The second kappa shape index (κ2) is 7.47. The maximum atomic E-state index is 11.5. The zero-order valence-electron chi connectivity index (χ0n) is 16.6. The largest absolute Gasteiger partial charge is 0.487 e. The van der Waals surface area contributed by atoms with Crippen molar-refractivity contribution in [2.45, 2.75) is 77.7 Å². The molecule has 0 saturated heterocycles. The van der Waals surface area contributed by atoms with Gasteiger partial charge in [-0.1, -0.05) is 31.4 Å². The molecular formula is C21H30O5S. The summed E-state index contributed by atoms with van der Waals surface area (Å²) in [4.78, 5) is 0. The first-order chi connectivity index (χ1) is 12.6. The lowest BCUT2D eigenvalue weighted by Gasteiger charge is -2.47. The molecule has 27 heavy (non-hydrogen) atoms. The smallest absolute Gasteiger partial charge is 0.446 e. The lowest BCUT2D eigenvalue weighted by atomic mass is 9.67. The molecule has 3 rings (SSSR count). The van der Waals surface area contributed by atoms with Crippen molar-refractivity contribution in [3.63, 3.8) is 0 Å². The molecule has 2 aliphatic rings. The number of rotatable bonds is 6. The Morgan fingerprint density at radius 3 is 2.70 bits per heavy atom. The zero-order valence-corrected chi connectivity index (χ0v) is 17.4. The Morgan fingerprint density at radius 1 is 1.30 bits per heavy atom. The summed E-state index contributed by atoms with van der Waals surface area (Å²) in [6.07, 6.45) is 8.00. The molecule has 0 bridgehead atoms. The third-order valence-corrected chi connectivity index (χ3v) is 6.20. The Labute approximate surface area is 162 Å². The molecule has 1 heterocycles. The van der Waals surface area contributed by atoms with Crippen molar-refractivity contribution in [1.29, 1.82) is 0 Å². The molecule has 0 aromatic heterocycles. The summed E-state index contributed by atoms with van der Waals surface area (Å²) in [5.41, 5.74) is 2.67. The predicted molar refractivity (Wildman–Crippen MR) is 106 cm³/mol. The summed E-state index contributed by atoms with van der Waals surface area (Å²) in [5, 5.41) is 0. The van der Waals surface area contributed by atoms with Gasteiger partial charge in [0, 0.05) is 17.4 Å². The first kappa shape index (κ1) is 20.2. The van der Waals surface area contributed by atoms with Crippen LogP contribution < -0.4 is 8.92 Å². The molecule has 0 amide bonds. The predicted octanol–water partition coefficient (Wildman–Crippen LogP) is 5.21. The Balaban J connectivity index is 2.09. The van der Waals surface area contributed by atoms with Gasteiger partial charge in [0.05, 0.1) is 0 Å². The van der Waals surface area contributed by atoms with Crippen LogP contribution >= 0.6 is 0 Å². The number of aryl methyl sites for hydroxylation is 1. The van der Waals surface area contributed by atoms with E-state index >= 15 is 0 Å². The van der Waals surface area contributed by atoms with E-state index in [1.807, 2.05) is 6.07 Å². The molecule has 2 atom stereocenters. The van der Waals surface area contributed by atoms with Gasteiger partial charge in [-0.15, -0.1) is 0 Å². The van der Waals surface area contributed by atoms with E-state index in [-0.39, 0.29) is 23.2 Å². The van der Waals surface area contributed by atoms with Gasteiger partial charge in [-0.3, -0.25) is 4.55 Å². The van der Waals surface area contributed by atoms with Crippen LogP contribution in [0.2, 0.25) is 0 Å².